The first kappa shape index (κ1) is 26.5. The zero-order valence-corrected chi connectivity index (χ0v) is 22.6. The summed E-state index contributed by atoms with van der Waals surface area (Å²) in [5, 5.41) is 3.76. The quantitative estimate of drug-likeness (QED) is 0.215. The van der Waals surface area contributed by atoms with E-state index in [9.17, 15) is 13.2 Å². The molecule has 0 aromatic heterocycles. The summed E-state index contributed by atoms with van der Waals surface area (Å²) in [6.45, 7) is 2.67. The summed E-state index contributed by atoms with van der Waals surface area (Å²) in [4.78, 5) is 16.3. The summed E-state index contributed by atoms with van der Waals surface area (Å²) in [6.07, 6.45) is 3.11. The van der Waals surface area contributed by atoms with Crippen molar-refractivity contribution in [3.05, 3.63) is 44.8 Å². The molecule has 3 rings (SSSR count). The predicted octanol–water partition coefficient (Wildman–Crippen LogP) is 4.71. The van der Waals surface area contributed by atoms with Crippen LogP contribution in [-0.4, -0.2) is 58.3 Å². The molecular formula is C22H24Br2N2O7S. The minimum Gasteiger partial charge on any atom is -0.495 e. The average Bonchev–Trinajstić information content (AvgIpc) is 3.35. The third-order valence-electron chi connectivity index (χ3n) is 4.82. The Morgan fingerprint density at radius 3 is 2.44 bits per heavy atom. The van der Waals surface area contributed by atoms with Crippen molar-refractivity contribution in [2.45, 2.75) is 24.7 Å². The van der Waals surface area contributed by atoms with Crippen molar-refractivity contribution >= 4 is 54.1 Å². The maximum absolute atomic E-state index is 13.1. The summed E-state index contributed by atoms with van der Waals surface area (Å²) in [7, 11) is -2.27. The first-order valence-electron chi connectivity index (χ1n) is 10.4. The van der Waals surface area contributed by atoms with E-state index in [1.165, 1.54) is 23.7 Å². The van der Waals surface area contributed by atoms with Gasteiger partial charge in [0, 0.05) is 19.2 Å². The molecule has 2 aromatic carbocycles. The Morgan fingerprint density at radius 1 is 1.15 bits per heavy atom. The van der Waals surface area contributed by atoms with E-state index < -0.39 is 16.0 Å². The van der Waals surface area contributed by atoms with E-state index in [1.54, 1.807) is 31.2 Å². The van der Waals surface area contributed by atoms with Gasteiger partial charge in [-0.15, -0.1) is 0 Å². The van der Waals surface area contributed by atoms with Crippen molar-refractivity contribution in [2.75, 3.05) is 33.4 Å². The molecule has 184 valence electrons. The highest BCUT2D eigenvalue weighted by atomic mass is 79.9. The van der Waals surface area contributed by atoms with Gasteiger partial charge < -0.3 is 19.0 Å². The third-order valence-corrected chi connectivity index (χ3v) is 7.92. The number of carbonyl (C=O) groups is 1. The maximum Gasteiger partial charge on any atom is 0.347 e. The third kappa shape index (κ3) is 6.49. The molecule has 0 N–H and O–H groups in total. The molecule has 12 heteroatoms. The molecule has 0 unspecified atom stereocenters. The van der Waals surface area contributed by atoms with Crippen molar-refractivity contribution in [2.24, 2.45) is 5.16 Å². The average molecular weight is 620 g/mol. The Balaban J connectivity index is 1.79. The first-order valence-corrected chi connectivity index (χ1v) is 13.4. The van der Waals surface area contributed by atoms with E-state index >= 15 is 0 Å². The fourth-order valence-corrected chi connectivity index (χ4v) is 6.32. The Morgan fingerprint density at radius 2 is 1.82 bits per heavy atom. The molecule has 0 amide bonds. The van der Waals surface area contributed by atoms with Crippen LogP contribution < -0.4 is 9.47 Å². The van der Waals surface area contributed by atoms with E-state index in [1.807, 2.05) is 0 Å². The second-order valence-corrected chi connectivity index (χ2v) is 10.8. The summed E-state index contributed by atoms with van der Waals surface area (Å²) in [6, 6.07) is 8.15. The summed E-state index contributed by atoms with van der Waals surface area (Å²) in [5.74, 6) is 0.529. The van der Waals surface area contributed by atoms with E-state index in [-0.39, 0.29) is 23.9 Å². The number of carbonyl (C=O) groups excluding carboxylic acids is 1. The van der Waals surface area contributed by atoms with Crippen LogP contribution >= 0.6 is 31.9 Å². The lowest BCUT2D eigenvalue weighted by Gasteiger charge is -2.19. The monoisotopic (exact) mass is 618 g/mol. The number of hydrogen-bond acceptors (Lipinski definition) is 8. The first-order chi connectivity index (χ1) is 16.3. The zero-order chi connectivity index (χ0) is 24.7. The molecule has 2 aromatic rings. The number of halogens is 2. The second kappa shape index (κ2) is 12.0. The van der Waals surface area contributed by atoms with Gasteiger partial charge in [-0.2, -0.15) is 4.31 Å². The number of ether oxygens (including phenoxy) is 3. The van der Waals surface area contributed by atoms with E-state index in [0.29, 0.717) is 39.1 Å². The SMILES string of the molecule is CCOC(=O)CON=Cc1cc(Br)c(Oc2ccc(OC)c(S(=O)(=O)N3CCCC3)c2)c(Br)c1. The van der Waals surface area contributed by atoms with Crippen LogP contribution in [0.25, 0.3) is 0 Å². The van der Waals surface area contributed by atoms with Crippen molar-refractivity contribution in [1.82, 2.24) is 4.31 Å². The molecule has 1 fully saturated rings. The van der Waals surface area contributed by atoms with Crippen LogP contribution in [0.1, 0.15) is 25.3 Å². The number of nitrogens with zero attached hydrogens (tertiary/aromatic N) is 2. The molecule has 0 atom stereocenters. The van der Waals surface area contributed by atoms with Gasteiger partial charge in [-0.25, -0.2) is 13.2 Å². The van der Waals surface area contributed by atoms with E-state index in [0.717, 1.165) is 12.8 Å². The predicted molar refractivity (Wildman–Crippen MR) is 133 cm³/mol. The molecule has 0 radical (unpaired) electrons. The number of methoxy groups -OCH3 is 1. The fourth-order valence-electron chi connectivity index (χ4n) is 3.25. The molecule has 0 spiro atoms. The standard InChI is InChI=1S/C22H24Br2N2O7S/c1-3-31-21(27)14-32-25-13-15-10-17(23)22(18(24)11-15)33-16-6-7-19(30-2)20(12-16)34(28,29)26-8-4-5-9-26/h6-7,10-13H,3-5,8-9,14H2,1-2H3. The number of benzene rings is 2. The summed E-state index contributed by atoms with van der Waals surface area (Å²) >= 11 is 6.93. The highest BCUT2D eigenvalue weighted by Gasteiger charge is 2.30. The van der Waals surface area contributed by atoms with Gasteiger partial charge >= 0.3 is 5.97 Å². The van der Waals surface area contributed by atoms with Crippen LogP contribution in [0.3, 0.4) is 0 Å². The van der Waals surface area contributed by atoms with Crippen molar-refractivity contribution in [3.8, 4) is 17.2 Å². The molecule has 34 heavy (non-hydrogen) atoms. The van der Waals surface area contributed by atoms with Gasteiger partial charge in [-0.3, -0.25) is 0 Å². The molecule has 0 bridgehead atoms. The lowest BCUT2D eigenvalue weighted by Crippen LogP contribution is -2.28. The topological polar surface area (TPSA) is 104 Å². The van der Waals surface area contributed by atoms with Gasteiger partial charge in [0.2, 0.25) is 16.6 Å². The minimum atomic E-state index is -3.71. The van der Waals surface area contributed by atoms with Crippen LogP contribution in [0.4, 0.5) is 0 Å². The summed E-state index contributed by atoms with van der Waals surface area (Å²) in [5.41, 5.74) is 0.669. The van der Waals surface area contributed by atoms with Gasteiger partial charge in [-0.05, 0) is 81.5 Å². The molecule has 0 saturated carbocycles. The van der Waals surface area contributed by atoms with Crippen LogP contribution in [0.15, 0.2) is 49.3 Å². The fraction of sp³-hybridized carbons (Fsp3) is 0.364. The van der Waals surface area contributed by atoms with Gasteiger partial charge in [-0.1, -0.05) is 5.16 Å². The number of rotatable bonds is 10. The Hall–Kier alpha value is -2.15. The van der Waals surface area contributed by atoms with E-state index in [4.69, 9.17) is 19.0 Å². The highest BCUT2D eigenvalue weighted by Crippen LogP contribution is 2.40. The number of hydrogen-bond donors (Lipinski definition) is 0. The van der Waals surface area contributed by atoms with Crippen LogP contribution in [0.5, 0.6) is 17.2 Å². The number of sulfonamides is 1. The lowest BCUT2D eigenvalue weighted by atomic mass is 10.2. The van der Waals surface area contributed by atoms with Gasteiger partial charge in [0.1, 0.15) is 16.4 Å². The smallest absolute Gasteiger partial charge is 0.347 e. The Bertz CT molecular complexity index is 1140. The zero-order valence-electron chi connectivity index (χ0n) is 18.6. The molecule has 1 aliphatic rings. The largest absolute Gasteiger partial charge is 0.495 e. The molecule has 9 nitrogen and oxygen atoms in total. The van der Waals surface area contributed by atoms with Crippen LogP contribution in [0.2, 0.25) is 0 Å². The molecule has 1 heterocycles. The van der Waals surface area contributed by atoms with Crippen LogP contribution in [-0.2, 0) is 24.4 Å². The highest BCUT2D eigenvalue weighted by molar-refractivity contribution is 9.11. The van der Waals surface area contributed by atoms with Crippen LogP contribution in [0, 0.1) is 0 Å². The van der Waals surface area contributed by atoms with Crippen molar-refractivity contribution < 1.29 is 32.3 Å². The Kier molecular flexibility index (Phi) is 9.34. The van der Waals surface area contributed by atoms with E-state index in [2.05, 4.69) is 37.0 Å². The molecular weight excluding hydrogens is 596 g/mol. The lowest BCUT2D eigenvalue weighted by molar-refractivity contribution is -0.148. The molecule has 1 saturated heterocycles. The van der Waals surface area contributed by atoms with Gasteiger partial charge in [0.05, 0.1) is 28.9 Å². The normalized spacial score (nSPS) is 14.4. The van der Waals surface area contributed by atoms with Gasteiger partial charge in [0.25, 0.3) is 0 Å². The van der Waals surface area contributed by atoms with Gasteiger partial charge in [0.15, 0.2) is 5.75 Å². The second-order valence-electron chi connectivity index (χ2n) is 7.15. The number of esters is 1. The van der Waals surface area contributed by atoms with Crippen molar-refractivity contribution in [3.63, 3.8) is 0 Å². The van der Waals surface area contributed by atoms with Crippen molar-refractivity contribution in [1.29, 1.82) is 0 Å². The molecule has 1 aliphatic heterocycles. The maximum atomic E-state index is 13.1. The molecule has 0 aliphatic carbocycles. The Labute approximate surface area is 215 Å². The summed E-state index contributed by atoms with van der Waals surface area (Å²) < 4.78 is 44.9. The minimum absolute atomic E-state index is 0.0594. The number of oxime groups is 1.